The van der Waals surface area contributed by atoms with Crippen LogP contribution in [0.15, 0.2) is 23.4 Å². The van der Waals surface area contributed by atoms with Gasteiger partial charge in [-0.3, -0.25) is 9.89 Å². The molecule has 20 heavy (non-hydrogen) atoms. The monoisotopic (exact) mass is 314 g/mol. The summed E-state index contributed by atoms with van der Waals surface area (Å²) in [5.41, 5.74) is 0.450. The highest BCUT2D eigenvalue weighted by molar-refractivity contribution is 7.99. The minimum absolute atomic E-state index is 0.0305. The van der Waals surface area contributed by atoms with E-state index in [0.717, 1.165) is 12.2 Å². The molecule has 0 saturated carbocycles. The van der Waals surface area contributed by atoms with Crippen LogP contribution in [0.3, 0.4) is 0 Å². The number of carbonyl (C=O) groups excluding carboxylic acids is 1. The van der Waals surface area contributed by atoms with Gasteiger partial charge in [-0.05, 0) is 18.2 Å². The molecule has 0 bridgehead atoms. The maximum absolute atomic E-state index is 13.0. The highest BCUT2D eigenvalue weighted by Gasteiger charge is 2.08. The van der Waals surface area contributed by atoms with Crippen LogP contribution >= 0.6 is 23.4 Å². The summed E-state index contributed by atoms with van der Waals surface area (Å²) in [4.78, 5) is 15.9. The van der Waals surface area contributed by atoms with E-state index < -0.39 is 5.82 Å². The van der Waals surface area contributed by atoms with Gasteiger partial charge in [0.05, 0.1) is 10.8 Å². The Kier molecular flexibility index (Phi) is 4.97. The van der Waals surface area contributed by atoms with Gasteiger partial charge in [-0.25, -0.2) is 9.37 Å². The lowest BCUT2D eigenvalue weighted by Gasteiger charge is -2.04. The zero-order valence-corrected chi connectivity index (χ0v) is 12.2. The van der Waals surface area contributed by atoms with Crippen LogP contribution in [0.1, 0.15) is 12.7 Å². The first-order valence-corrected chi connectivity index (χ1v) is 7.24. The average molecular weight is 315 g/mol. The number of hydrogen-bond donors (Lipinski definition) is 2. The molecule has 106 valence electrons. The molecule has 0 spiro atoms. The van der Waals surface area contributed by atoms with Crippen LogP contribution < -0.4 is 5.32 Å². The Hall–Kier alpha value is -1.60. The molecule has 0 saturated heterocycles. The molecule has 0 aliphatic carbocycles. The first-order valence-electron chi connectivity index (χ1n) is 5.87. The number of nitrogens with one attached hydrogen (secondary N) is 2. The summed E-state index contributed by atoms with van der Waals surface area (Å²) in [7, 11) is 0. The predicted octanol–water partition coefficient (Wildman–Crippen LogP) is 2.89. The van der Waals surface area contributed by atoms with Crippen molar-refractivity contribution in [3.8, 4) is 0 Å². The van der Waals surface area contributed by atoms with Crippen molar-refractivity contribution in [3.63, 3.8) is 0 Å². The Labute approximate surface area is 124 Å². The second-order valence-corrected chi connectivity index (χ2v) is 5.23. The fraction of sp³-hybridized carbons (Fsp3) is 0.250. The highest BCUT2D eigenvalue weighted by atomic mass is 35.5. The summed E-state index contributed by atoms with van der Waals surface area (Å²) in [6.45, 7) is 1.96. The molecule has 8 heteroatoms. The summed E-state index contributed by atoms with van der Waals surface area (Å²) in [5.74, 6) is 0.182. The fourth-order valence-corrected chi connectivity index (χ4v) is 2.20. The normalized spacial score (nSPS) is 10.6. The molecule has 1 heterocycles. The summed E-state index contributed by atoms with van der Waals surface area (Å²) in [6, 6.07) is 4.01. The zero-order chi connectivity index (χ0) is 14.5. The molecule has 0 fully saturated rings. The van der Waals surface area contributed by atoms with Crippen molar-refractivity contribution in [2.45, 2.75) is 18.5 Å². The number of hydrogen-bond acceptors (Lipinski definition) is 4. The number of anilines is 1. The summed E-state index contributed by atoms with van der Waals surface area (Å²) >= 11 is 6.85. The Balaban J connectivity index is 1.87. The van der Waals surface area contributed by atoms with Gasteiger partial charge in [0, 0.05) is 12.1 Å². The van der Waals surface area contributed by atoms with Crippen LogP contribution in [0.4, 0.5) is 10.1 Å². The highest BCUT2D eigenvalue weighted by Crippen LogP contribution is 2.20. The Morgan fingerprint density at radius 3 is 3.00 bits per heavy atom. The first-order chi connectivity index (χ1) is 9.58. The molecule has 1 aromatic carbocycles. The van der Waals surface area contributed by atoms with E-state index in [1.165, 1.54) is 30.0 Å². The van der Waals surface area contributed by atoms with Crippen LogP contribution in [-0.2, 0) is 11.2 Å². The number of rotatable bonds is 5. The molecular formula is C12H12ClFN4OS. The Morgan fingerprint density at radius 1 is 1.55 bits per heavy atom. The van der Waals surface area contributed by atoms with E-state index >= 15 is 0 Å². The number of nitrogens with zero attached hydrogens (tertiary/aromatic N) is 2. The third-order valence-corrected chi connectivity index (χ3v) is 3.52. The number of H-pyrrole nitrogens is 1. The van der Waals surface area contributed by atoms with Crippen molar-refractivity contribution in [2.75, 3.05) is 11.1 Å². The molecule has 0 aliphatic heterocycles. The maximum Gasteiger partial charge on any atom is 0.234 e. The van der Waals surface area contributed by atoms with Crippen molar-refractivity contribution in [1.29, 1.82) is 0 Å². The summed E-state index contributed by atoms with van der Waals surface area (Å²) < 4.78 is 13.0. The van der Waals surface area contributed by atoms with Gasteiger partial charge < -0.3 is 5.32 Å². The molecular weight excluding hydrogens is 303 g/mol. The third-order valence-electron chi connectivity index (χ3n) is 2.38. The smallest absolute Gasteiger partial charge is 0.234 e. The van der Waals surface area contributed by atoms with E-state index in [1.807, 2.05) is 6.92 Å². The van der Waals surface area contributed by atoms with Crippen LogP contribution in [0.2, 0.25) is 5.02 Å². The van der Waals surface area contributed by atoms with Crippen molar-refractivity contribution >= 4 is 35.0 Å². The van der Waals surface area contributed by atoms with E-state index in [2.05, 4.69) is 20.5 Å². The van der Waals surface area contributed by atoms with Crippen LogP contribution in [0.25, 0.3) is 0 Å². The van der Waals surface area contributed by atoms with Crippen molar-refractivity contribution in [3.05, 3.63) is 34.9 Å². The van der Waals surface area contributed by atoms with Gasteiger partial charge in [0.25, 0.3) is 0 Å². The zero-order valence-electron chi connectivity index (χ0n) is 10.6. The minimum atomic E-state index is -0.521. The van der Waals surface area contributed by atoms with Gasteiger partial charge in [-0.2, -0.15) is 0 Å². The van der Waals surface area contributed by atoms with Crippen molar-refractivity contribution in [1.82, 2.24) is 15.2 Å². The second kappa shape index (κ2) is 6.71. The van der Waals surface area contributed by atoms with Crippen LogP contribution in [0.5, 0.6) is 0 Å². The summed E-state index contributed by atoms with van der Waals surface area (Å²) in [5, 5.41) is 9.85. The summed E-state index contributed by atoms with van der Waals surface area (Å²) in [6.07, 6.45) is 0.758. The van der Waals surface area contributed by atoms with Crippen molar-refractivity contribution in [2.24, 2.45) is 0 Å². The maximum atomic E-state index is 13.0. The lowest BCUT2D eigenvalue weighted by Crippen LogP contribution is -2.14. The molecule has 0 unspecified atom stereocenters. The molecule has 0 atom stereocenters. The van der Waals surface area contributed by atoms with E-state index in [-0.39, 0.29) is 16.7 Å². The number of benzene rings is 1. The van der Waals surface area contributed by atoms with E-state index in [0.29, 0.717) is 10.8 Å². The number of halogens is 2. The largest absolute Gasteiger partial charge is 0.325 e. The van der Waals surface area contributed by atoms with Crippen LogP contribution in [0, 0.1) is 5.82 Å². The SMILES string of the molecule is CCc1nc(SCC(=O)Nc2ccc(F)c(Cl)c2)n[nH]1. The van der Waals surface area contributed by atoms with E-state index in [4.69, 9.17) is 11.6 Å². The topological polar surface area (TPSA) is 70.7 Å². The molecule has 0 aliphatic rings. The fourth-order valence-electron chi connectivity index (χ4n) is 1.40. The van der Waals surface area contributed by atoms with E-state index in [9.17, 15) is 9.18 Å². The van der Waals surface area contributed by atoms with Gasteiger partial charge >= 0.3 is 0 Å². The molecule has 2 aromatic rings. The minimum Gasteiger partial charge on any atom is -0.325 e. The molecule has 0 radical (unpaired) electrons. The Morgan fingerprint density at radius 2 is 2.35 bits per heavy atom. The molecule has 2 rings (SSSR count). The molecule has 5 nitrogen and oxygen atoms in total. The number of aromatic amines is 1. The molecule has 1 aromatic heterocycles. The lowest BCUT2D eigenvalue weighted by atomic mass is 10.3. The van der Waals surface area contributed by atoms with Gasteiger partial charge in [-0.1, -0.05) is 30.3 Å². The standard InChI is InChI=1S/C12H12ClFN4OS/c1-2-10-16-12(18-17-10)20-6-11(19)15-7-3-4-9(14)8(13)5-7/h3-5H,2,6H2,1H3,(H,15,19)(H,16,17,18). The number of carbonyl (C=O) groups is 1. The second-order valence-electron chi connectivity index (χ2n) is 3.88. The van der Waals surface area contributed by atoms with Gasteiger partial charge in [-0.15, -0.1) is 5.10 Å². The van der Waals surface area contributed by atoms with E-state index in [1.54, 1.807) is 0 Å². The predicted molar refractivity (Wildman–Crippen MR) is 76.5 cm³/mol. The third kappa shape index (κ3) is 3.94. The number of aromatic nitrogens is 3. The number of aryl methyl sites for hydroxylation is 1. The molecule has 2 N–H and O–H groups in total. The number of thioether (sulfide) groups is 1. The van der Waals surface area contributed by atoms with Gasteiger partial charge in [0.15, 0.2) is 0 Å². The first kappa shape index (κ1) is 14.8. The van der Waals surface area contributed by atoms with Crippen LogP contribution in [-0.4, -0.2) is 26.8 Å². The van der Waals surface area contributed by atoms with Gasteiger partial charge in [0.2, 0.25) is 11.1 Å². The Bertz CT molecular complexity index is 619. The van der Waals surface area contributed by atoms with Crippen molar-refractivity contribution < 1.29 is 9.18 Å². The molecule has 1 amide bonds. The number of amides is 1. The quantitative estimate of drug-likeness (QED) is 0.833. The lowest BCUT2D eigenvalue weighted by molar-refractivity contribution is -0.113. The van der Waals surface area contributed by atoms with Gasteiger partial charge in [0.1, 0.15) is 11.6 Å². The average Bonchev–Trinajstić information content (AvgIpc) is 2.89.